The second-order valence-electron chi connectivity index (χ2n) is 11.2. The van der Waals surface area contributed by atoms with E-state index in [1.54, 1.807) is 35.2 Å². The molecule has 4 rings (SSSR count). The number of benzene rings is 2. The smallest absolute Gasteiger partial charge is 0.410 e. The highest BCUT2D eigenvalue weighted by Crippen LogP contribution is 2.43. The molecular weight excluding hydrogens is 550 g/mol. The minimum absolute atomic E-state index is 0.00697. The van der Waals surface area contributed by atoms with E-state index >= 15 is 0 Å². The summed E-state index contributed by atoms with van der Waals surface area (Å²) in [7, 11) is 2.43. The van der Waals surface area contributed by atoms with Crippen molar-refractivity contribution >= 4 is 23.7 Å². The van der Waals surface area contributed by atoms with Crippen LogP contribution in [0.4, 0.5) is 10.5 Å². The van der Waals surface area contributed by atoms with Crippen LogP contribution >= 0.6 is 0 Å². The lowest BCUT2D eigenvalue weighted by Crippen LogP contribution is -2.49. The van der Waals surface area contributed by atoms with E-state index in [0.29, 0.717) is 44.0 Å². The van der Waals surface area contributed by atoms with Crippen LogP contribution in [0.1, 0.15) is 37.8 Å². The van der Waals surface area contributed by atoms with Gasteiger partial charge in [-0.05, 0) is 44.0 Å². The van der Waals surface area contributed by atoms with Crippen molar-refractivity contribution in [2.75, 3.05) is 45.3 Å². The molecule has 1 saturated heterocycles. The number of hydrogen-bond acceptors (Lipinski definition) is 10. The van der Waals surface area contributed by atoms with Gasteiger partial charge in [0.25, 0.3) is 0 Å². The lowest BCUT2D eigenvalue weighted by molar-refractivity contribution is -0.139. The van der Waals surface area contributed by atoms with Crippen LogP contribution in [-0.4, -0.2) is 73.8 Å². The number of anilines is 1. The highest BCUT2D eigenvalue weighted by atomic mass is 16.6. The molecule has 11 heteroatoms. The highest BCUT2D eigenvalue weighted by Gasteiger charge is 2.43. The van der Waals surface area contributed by atoms with Crippen LogP contribution in [0.15, 0.2) is 77.3 Å². The first-order valence-corrected chi connectivity index (χ1v) is 13.9. The number of rotatable bonds is 6. The molecule has 2 aliphatic heterocycles. The Bertz CT molecular complexity index is 1480. The molecule has 0 bridgehead atoms. The molecule has 0 aromatic heterocycles. The van der Waals surface area contributed by atoms with E-state index in [9.17, 15) is 19.6 Å². The van der Waals surface area contributed by atoms with Gasteiger partial charge in [-0.2, -0.15) is 5.26 Å². The molecule has 2 aromatic rings. The molecule has 2 heterocycles. The molecule has 0 radical (unpaired) electrons. The van der Waals surface area contributed by atoms with Gasteiger partial charge in [0.1, 0.15) is 17.1 Å². The number of methoxy groups -OCH3 is 2. The zero-order valence-corrected chi connectivity index (χ0v) is 25.1. The first kappa shape index (κ1) is 31.1. The van der Waals surface area contributed by atoms with E-state index in [2.05, 4.69) is 11.0 Å². The molecule has 2 N–H and O–H groups in total. The first-order valence-electron chi connectivity index (χ1n) is 13.9. The minimum atomic E-state index is -0.937. The Hall–Kier alpha value is -4.82. The second-order valence-corrected chi connectivity index (χ2v) is 11.2. The molecule has 1 atom stereocenters. The zero-order chi connectivity index (χ0) is 31.3. The van der Waals surface area contributed by atoms with Gasteiger partial charge < -0.3 is 24.8 Å². The third-order valence-electron chi connectivity index (χ3n) is 7.21. The summed E-state index contributed by atoms with van der Waals surface area (Å²) in [6.07, 6.45) is -0.327. The van der Waals surface area contributed by atoms with Crippen molar-refractivity contribution < 1.29 is 28.6 Å². The van der Waals surface area contributed by atoms with Crippen molar-refractivity contribution in [2.24, 2.45) is 5.73 Å². The van der Waals surface area contributed by atoms with Crippen molar-refractivity contribution in [3.8, 4) is 6.07 Å². The number of ether oxygens (including phenoxy) is 3. The maximum Gasteiger partial charge on any atom is 0.410 e. The summed E-state index contributed by atoms with van der Waals surface area (Å²) in [5, 5.41) is 10.3. The fraction of sp³-hybridized carbons (Fsp3) is 0.375. The molecule has 2 aliphatic rings. The van der Waals surface area contributed by atoms with Gasteiger partial charge in [-0.25, -0.2) is 14.4 Å². The van der Waals surface area contributed by atoms with Crippen LogP contribution in [0.3, 0.4) is 0 Å². The van der Waals surface area contributed by atoms with Crippen molar-refractivity contribution in [1.29, 1.82) is 5.26 Å². The molecule has 0 saturated carbocycles. The van der Waals surface area contributed by atoms with Crippen LogP contribution in [0.5, 0.6) is 0 Å². The maximum atomic E-state index is 13.3. The van der Waals surface area contributed by atoms with E-state index in [-0.39, 0.29) is 28.8 Å². The zero-order valence-electron chi connectivity index (χ0n) is 25.1. The topological polar surface area (TPSA) is 138 Å². The van der Waals surface area contributed by atoms with E-state index in [1.807, 2.05) is 45.0 Å². The Kier molecular flexibility index (Phi) is 9.41. The van der Waals surface area contributed by atoms with Crippen LogP contribution in [0, 0.1) is 11.3 Å². The quantitative estimate of drug-likeness (QED) is 0.394. The van der Waals surface area contributed by atoms with Crippen LogP contribution in [0.2, 0.25) is 0 Å². The fourth-order valence-corrected chi connectivity index (χ4v) is 5.25. The summed E-state index contributed by atoms with van der Waals surface area (Å²) in [5.74, 6) is -2.51. The summed E-state index contributed by atoms with van der Waals surface area (Å²) in [6, 6.07) is 18.4. The molecule has 11 nitrogen and oxygen atoms in total. The van der Waals surface area contributed by atoms with E-state index in [4.69, 9.17) is 19.9 Å². The normalized spacial score (nSPS) is 17.8. The number of nitrogens with zero attached hydrogens (tertiary/aromatic N) is 4. The van der Waals surface area contributed by atoms with Crippen molar-refractivity contribution in [3.05, 3.63) is 88.4 Å². The van der Waals surface area contributed by atoms with Gasteiger partial charge in [-0.1, -0.05) is 42.5 Å². The number of esters is 2. The molecule has 43 heavy (non-hydrogen) atoms. The molecule has 1 fully saturated rings. The number of hydrogen-bond donors (Lipinski definition) is 1. The van der Waals surface area contributed by atoms with Crippen LogP contribution in [-0.2, 0) is 30.3 Å². The molecule has 226 valence electrons. The van der Waals surface area contributed by atoms with Crippen LogP contribution in [0.25, 0.3) is 0 Å². The number of piperazine rings is 1. The van der Waals surface area contributed by atoms with Gasteiger partial charge in [0.2, 0.25) is 0 Å². The predicted molar refractivity (Wildman–Crippen MR) is 159 cm³/mol. The van der Waals surface area contributed by atoms with Crippen LogP contribution < -0.4 is 10.6 Å². The first-order chi connectivity index (χ1) is 20.5. The lowest BCUT2D eigenvalue weighted by atomic mass is 9.81. The molecule has 0 aliphatic carbocycles. The number of nitriles is 1. The fourth-order valence-electron chi connectivity index (χ4n) is 5.25. The van der Waals surface area contributed by atoms with Gasteiger partial charge in [-0.3, -0.25) is 9.80 Å². The molecule has 2 aromatic carbocycles. The average molecular weight is 588 g/mol. The number of carbonyl (C=O) groups excluding carboxylic acids is 3. The molecular formula is C32H37N5O6. The standard InChI is InChI=1S/C32H37N5O6/c1-32(2,3)43-31(40)36-16-14-35(15-17-36)20-21-10-9-13-23(18-21)37-27(30(39)42-5)26(29(38)41-4)25(24(19-33)28(37)34)22-11-7-6-8-12-22/h6-13,18,25H,14-17,20,34H2,1-5H3. The minimum Gasteiger partial charge on any atom is -0.466 e. The number of carbonyl (C=O) groups is 3. The lowest BCUT2D eigenvalue weighted by Gasteiger charge is -2.37. The SMILES string of the molecule is COC(=O)C1=C(C(=O)OC)N(c2cccc(CN3CCN(C(=O)OC(C)(C)C)CC3)c2)C(N)=C(C#N)C1c1ccccc1. The van der Waals surface area contributed by atoms with Gasteiger partial charge in [-0.15, -0.1) is 0 Å². The van der Waals surface area contributed by atoms with Gasteiger partial charge in [0, 0.05) is 38.4 Å². The summed E-state index contributed by atoms with van der Waals surface area (Å²) < 4.78 is 15.7. The van der Waals surface area contributed by atoms with Crippen molar-refractivity contribution in [1.82, 2.24) is 9.80 Å². The Morgan fingerprint density at radius 3 is 2.19 bits per heavy atom. The summed E-state index contributed by atoms with van der Waals surface area (Å²) >= 11 is 0. The predicted octanol–water partition coefficient (Wildman–Crippen LogP) is 3.64. The van der Waals surface area contributed by atoms with E-state index in [1.165, 1.54) is 19.1 Å². The van der Waals surface area contributed by atoms with E-state index in [0.717, 1.165) is 5.56 Å². The van der Waals surface area contributed by atoms with Gasteiger partial charge in [0.05, 0.1) is 37.4 Å². The monoisotopic (exact) mass is 587 g/mol. The van der Waals surface area contributed by atoms with Gasteiger partial charge >= 0.3 is 18.0 Å². The molecule has 0 spiro atoms. The number of amides is 1. The van der Waals surface area contributed by atoms with Crippen molar-refractivity contribution in [2.45, 2.75) is 38.8 Å². The number of allylic oxidation sites excluding steroid dienone is 1. The van der Waals surface area contributed by atoms with E-state index < -0.39 is 23.5 Å². The maximum absolute atomic E-state index is 13.3. The Morgan fingerprint density at radius 1 is 0.953 bits per heavy atom. The Labute approximate surface area is 251 Å². The summed E-state index contributed by atoms with van der Waals surface area (Å²) in [5.41, 5.74) is 7.99. The summed E-state index contributed by atoms with van der Waals surface area (Å²) in [6.45, 7) is 8.43. The molecule has 1 amide bonds. The average Bonchev–Trinajstić information content (AvgIpc) is 2.99. The highest BCUT2D eigenvalue weighted by molar-refractivity contribution is 6.06. The van der Waals surface area contributed by atoms with Crippen molar-refractivity contribution in [3.63, 3.8) is 0 Å². The summed E-state index contributed by atoms with van der Waals surface area (Å²) in [4.78, 5) is 44.4. The number of nitrogens with two attached hydrogens (primary N) is 1. The third kappa shape index (κ3) is 6.81. The van der Waals surface area contributed by atoms with Gasteiger partial charge in [0.15, 0.2) is 0 Å². The molecule has 1 unspecified atom stereocenters. The Morgan fingerprint density at radius 2 is 1.60 bits per heavy atom. The third-order valence-corrected chi connectivity index (χ3v) is 7.21. The largest absolute Gasteiger partial charge is 0.466 e. The second kappa shape index (κ2) is 13.0. The Balaban J connectivity index is 1.69.